The van der Waals surface area contributed by atoms with E-state index >= 15 is 0 Å². The third-order valence-corrected chi connectivity index (χ3v) is 15.6. The topological polar surface area (TPSA) is 175 Å². The molecule has 8 unspecified atom stereocenters. The van der Waals surface area contributed by atoms with Gasteiger partial charge in [-0.15, -0.1) is 0 Å². The largest absolute Gasteiger partial charge is 0.454 e. The van der Waals surface area contributed by atoms with Crippen LogP contribution in [-0.2, 0) is 23.8 Å². The Morgan fingerprint density at radius 1 is 0.494 bits per heavy atom. The number of esters is 1. The summed E-state index contributed by atoms with van der Waals surface area (Å²) in [5.74, 6) is -1.19. The Morgan fingerprint density at radius 2 is 0.889 bits per heavy atom. The Balaban J connectivity index is 2.60. The lowest BCUT2D eigenvalue weighted by Gasteiger charge is -2.41. The van der Waals surface area contributed by atoms with Crippen LogP contribution >= 0.6 is 0 Å². The zero-order valence-corrected chi connectivity index (χ0v) is 52.1. The van der Waals surface area contributed by atoms with Gasteiger partial charge in [0.05, 0.1) is 25.4 Å². The zero-order chi connectivity index (χ0) is 58.9. The van der Waals surface area contributed by atoms with Gasteiger partial charge in [-0.1, -0.05) is 293 Å². The molecular formula is C70H125NO10. The molecule has 0 aromatic heterocycles. The van der Waals surface area contributed by atoms with Gasteiger partial charge in [0.15, 0.2) is 12.4 Å². The van der Waals surface area contributed by atoms with Crippen LogP contribution in [0.5, 0.6) is 0 Å². The smallest absolute Gasteiger partial charge is 0.306 e. The van der Waals surface area contributed by atoms with Crippen molar-refractivity contribution in [2.75, 3.05) is 13.2 Å². The first-order valence-corrected chi connectivity index (χ1v) is 33.7. The predicted molar refractivity (Wildman–Crippen MR) is 338 cm³/mol. The summed E-state index contributed by atoms with van der Waals surface area (Å²) in [6.45, 7) is 5.70. The van der Waals surface area contributed by atoms with Crippen molar-refractivity contribution in [1.82, 2.24) is 5.32 Å². The first-order chi connectivity index (χ1) is 39.7. The van der Waals surface area contributed by atoms with E-state index < -0.39 is 67.4 Å². The van der Waals surface area contributed by atoms with Crippen LogP contribution in [0.15, 0.2) is 72.9 Å². The minimum absolute atomic E-state index is 0.115. The fourth-order valence-electron chi connectivity index (χ4n) is 10.3. The highest BCUT2D eigenvalue weighted by Crippen LogP contribution is 2.26. The van der Waals surface area contributed by atoms with E-state index in [2.05, 4.69) is 86.8 Å². The third kappa shape index (κ3) is 45.2. The number of carbonyl (C=O) groups excluding carboxylic acids is 2. The van der Waals surface area contributed by atoms with Gasteiger partial charge in [-0.05, 0) is 70.6 Å². The molecule has 11 heteroatoms. The van der Waals surface area contributed by atoms with Crippen molar-refractivity contribution in [2.45, 2.75) is 346 Å². The molecule has 1 saturated heterocycles. The SMILES string of the molecule is CC/C=C\C/C=C\C/C=C\C/C=C\C/C=C\CCCCCCCCCCCC(=O)OC1C(OCC(NC(=O)C(O)CCCCCCCCCCCCCCCC)C(O)/C=C/CCCCCCCCCCCCC)OC(CO)C(O)C1O. The molecule has 0 spiro atoms. The highest BCUT2D eigenvalue weighted by atomic mass is 16.7. The van der Waals surface area contributed by atoms with Crippen molar-refractivity contribution in [1.29, 1.82) is 0 Å². The maximum absolute atomic E-state index is 13.4. The normalized spacial score (nSPS) is 19.1. The molecule has 470 valence electrons. The molecule has 1 amide bonds. The lowest BCUT2D eigenvalue weighted by atomic mass is 9.99. The second-order valence-electron chi connectivity index (χ2n) is 23.2. The van der Waals surface area contributed by atoms with Crippen LogP contribution in [0.1, 0.15) is 297 Å². The molecule has 6 N–H and O–H groups in total. The fourth-order valence-corrected chi connectivity index (χ4v) is 10.3. The minimum Gasteiger partial charge on any atom is -0.454 e. The highest BCUT2D eigenvalue weighted by Gasteiger charge is 2.47. The molecule has 1 fully saturated rings. The second-order valence-corrected chi connectivity index (χ2v) is 23.2. The number of ether oxygens (including phenoxy) is 3. The van der Waals surface area contributed by atoms with E-state index in [1.807, 2.05) is 6.08 Å². The standard InChI is InChI=1S/C70H125NO10/c1-4-7-10-13-16-19-22-25-27-28-29-30-31-32-33-34-35-36-37-40-43-46-49-52-55-58-65(75)81-68-67(77)66(76)64(59-72)80-70(68)79-60-61(62(73)56-53-50-47-44-41-38-24-21-18-15-12-9-6-3)71-69(78)63(74)57-54-51-48-45-42-39-26-23-20-17-14-11-8-5-2/h7,10,16,19,25,27,29-30,32-33,53,56,61-64,66-68,70,72-74,76-77H,4-6,8-9,11-15,17-18,20-24,26,28,31,34-52,54-55,57-60H2,1-3H3,(H,71,78)/b10-7-,19-16-,27-25-,30-29-,33-32-,56-53+. The van der Waals surface area contributed by atoms with Gasteiger partial charge in [0.25, 0.3) is 0 Å². The minimum atomic E-state index is -1.62. The summed E-state index contributed by atoms with van der Waals surface area (Å²) in [6, 6.07) is -1.02. The van der Waals surface area contributed by atoms with E-state index in [0.29, 0.717) is 19.3 Å². The second kappa shape index (κ2) is 57.5. The summed E-state index contributed by atoms with van der Waals surface area (Å²) in [5.41, 5.74) is 0. The quantitative estimate of drug-likeness (QED) is 0.0195. The van der Waals surface area contributed by atoms with Gasteiger partial charge in [-0.2, -0.15) is 0 Å². The van der Waals surface area contributed by atoms with E-state index in [1.165, 1.54) is 148 Å². The first-order valence-electron chi connectivity index (χ1n) is 33.7. The van der Waals surface area contributed by atoms with Crippen LogP contribution in [-0.4, -0.2) is 99.6 Å². The molecule has 1 rings (SSSR count). The lowest BCUT2D eigenvalue weighted by Crippen LogP contribution is -2.61. The molecule has 81 heavy (non-hydrogen) atoms. The average Bonchev–Trinajstić information content (AvgIpc) is 3.47. The summed E-state index contributed by atoms with van der Waals surface area (Å²) in [5, 5.41) is 57.1. The molecule has 0 aromatic carbocycles. The molecular weight excluding hydrogens is 1010 g/mol. The molecule has 11 nitrogen and oxygen atoms in total. The Labute approximate surface area is 496 Å². The summed E-state index contributed by atoms with van der Waals surface area (Å²) in [6.07, 6.45) is 63.6. The third-order valence-electron chi connectivity index (χ3n) is 15.6. The predicted octanol–water partition coefficient (Wildman–Crippen LogP) is 16.7. The van der Waals surface area contributed by atoms with Crippen LogP contribution < -0.4 is 5.32 Å². The molecule has 0 bridgehead atoms. The Bertz CT molecular complexity index is 1590. The number of hydrogen-bond donors (Lipinski definition) is 6. The average molecular weight is 1140 g/mol. The number of aliphatic hydroxyl groups excluding tert-OH is 5. The van der Waals surface area contributed by atoms with Crippen LogP contribution in [0.3, 0.4) is 0 Å². The van der Waals surface area contributed by atoms with Gasteiger partial charge in [0, 0.05) is 6.42 Å². The van der Waals surface area contributed by atoms with Crippen molar-refractivity contribution in [3.8, 4) is 0 Å². The number of allylic oxidation sites excluding steroid dienone is 11. The lowest BCUT2D eigenvalue weighted by molar-refractivity contribution is -0.305. The van der Waals surface area contributed by atoms with E-state index in [4.69, 9.17) is 14.2 Å². The van der Waals surface area contributed by atoms with Gasteiger partial charge < -0.3 is 45.1 Å². The van der Waals surface area contributed by atoms with Crippen LogP contribution in [0.4, 0.5) is 0 Å². The Kier molecular flexibility index (Phi) is 54.1. The van der Waals surface area contributed by atoms with E-state index in [-0.39, 0.29) is 13.0 Å². The molecule has 1 aliphatic heterocycles. The van der Waals surface area contributed by atoms with Gasteiger partial charge in [0.2, 0.25) is 5.91 Å². The van der Waals surface area contributed by atoms with Crippen molar-refractivity contribution in [3.63, 3.8) is 0 Å². The van der Waals surface area contributed by atoms with E-state index in [9.17, 15) is 35.1 Å². The molecule has 1 aliphatic rings. The summed E-state index contributed by atoms with van der Waals surface area (Å²) < 4.78 is 17.7. The monoisotopic (exact) mass is 1140 g/mol. The van der Waals surface area contributed by atoms with Gasteiger partial charge in [0.1, 0.15) is 24.4 Å². The molecule has 0 saturated carbocycles. The first kappa shape index (κ1) is 76.1. The van der Waals surface area contributed by atoms with E-state index in [1.54, 1.807) is 6.08 Å². The van der Waals surface area contributed by atoms with Gasteiger partial charge >= 0.3 is 5.97 Å². The Morgan fingerprint density at radius 3 is 1.33 bits per heavy atom. The number of unbranched alkanes of at least 4 members (excludes halogenated alkanes) is 33. The van der Waals surface area contributed by atoms with Crippen LogP contribution in [0.2, 0.25) is 0 Å². The number of hydrogen-bond acceptors (Lipinski definition) is 10. The molecule has 0 aliphatic carbocycles. The molecule has 8 atom stereocenters. The highest BCUT2D eigenvalue weighted by molar-refractivity contribution is 5.80. The maximum atomic E-state index is 13.4. The van der Waals surface area contributed by atoms with Crippen molar-refractivity contribution in [3.05, 3.63) is 72.9 Å². The molecule has 0 aromatic rings. The van der Waals surface area contributed by atoms with Crippen molar-refractivity contribution < 1.29 is 49.3 Å². The summed E-state index contributed by atoms with van der Waals surface area (Å²) in [7, 11) is 0. The number of aliphatic hydroxyl groups is 5. The van der Waals surface area contributed by atoms with E-state index in [0.717, 1.165) is 103 Å². The summed E-state index contributed by atoms with van der Waals surface area (Å²) in [4.78, 5) is 26.6. The zero-order valence-electron chi connectivity index (χ0n) is 52.1. The molecule has 1 heterocycles. The maximum Gasteiger partial charge on any atom is 0.306 e. The van der Waals surface area contributed by atoms with Gasteiger partial charge in [-0.3, -0.25) is 9.59 Å². The van der Waals surface area contributed by atoms with Crippen molar-refractivity contribution >= 4 is 11.9 Å². The fraction of sp³-hybridized carbons (Fsp3) is 0.800. The number of nitrogens with one attached hydrogen (secondary N) is 1. The van der Waals surface area contributed by atoms with Gasteiger partial charge in [-0.25, -0.2) is 0 Å². The number of amides is 1. The van der Waals surface area contributed by atoms with Crippen molar-refractivity contribution in [2.24, 2.45) is 0 Å². The Hall–Kier alpha value is -2.90. The van der Waals surface area contributed by atoms with Crippen LogP contribution in [0.25, 0.3) is 0 Å². The summed E-state index contributed by atoms with van der Waals surface area (Å²) >= 11 is 0. The number of rotatable bonds is 57. The molecule has 0 radical (unpaired) electrons. The number of carbonyl (C=O) groups is 2. The van der Waals surface area contributed by atoms with Crippen LogP contribution in [0, 0.1) is 0 Å².